The molecule has 0 spiro atoms. The number of furan rings is 1. The van der Waals surface area contributed by atoms with E-state index in [1.807, 2.05) is 25.1 Å². The summed E-state index contributed by atoms with van der Waals surface area (Å²) in [6, 6.07) is 9.23. The highest BCUT2D eigenvalue weighted by Crippen LogP contribution is 2.33. The Labute approximate surface area is 124 Å². The first kappa shape index (κ1) is 13.9. The van der Waals surface area contributed by atoms with Gasteiger partial charge in [0, 0.05) is 37.0 Å². The molecule has 4 nitrogen and oxygen atoms in total. The fourth-order valence-corrected chi connectivity index (χ4v) is 2.91. The van der Waals surface area contributed by atoms with E-state index in [9.17, 15) is 9.90 Å². The molecule has 2 heterocycles. The van der Waals surface area contributed by atoms with E-state index in [0.717, 1.165) is 24.2 Å². The van der Waals surface area contributed by atoms with Crippen LogP contribution in [-0.4, -0.2) is 22.3 Å². The minimum absolute atomic E-state index is 0.0604. The van der Waals surface area contributed by atoms with E-state index in [1.165, 1.54) is 0 Å². The molecular weight excluding hydrogens is 266 g/mol. The predicted octanol–water partition coefficient (Wildman–Crippen LogP) is 3.14. The molecule has 4 heteroatoms. The van der Waals surface area contributed by atoms with Crippen LogP contribution < -0.4 is 0 Å². The van der Waals surface area contributed by atoms with Crippen molar-refractivity contribution in [2.45, 2.75) is 25.9 Å². The molecule has 2 atom stereocenters. The van der Waals surface area contributed by atoms with Gasteiger partial charge in [-0.1, -0.05) is 19.1 Å². The van der Waals surface area contributed by atoms with Crippen molar-refractivity contribution in [3.05, 3.63) is 54.0 Å². The number of phenolic OH excluding ortho intramolecular Hbond substituents is 1. The molecule has 0 amide bonds. The number of carbonyl (C=O) groups excluding carboxylic acids is 1. The lowest BCUT2D eigenvalue weighted by atomic mass is 9.89. The Kier molecular flexibility index (Phi) is 3.80. The van der Waals surface area contributed by atoms with Gasteiger partial charge in [0.05, 0.1) is 12.5 Å². The molecule has 1 aliphatic rings. The number of ketones is 1. The number of phenols is 1. The predicted molar refractivity (Wildman–Crippen MR) is 78.8 cm³/mol. The van der Waals surface area contributed by atoms with E-state index >= 15 is 0 Å². The highest BCUT2D eigenvalue weighted by Gasteiger charge is 2.33. The average Bonchev–Trinajstić information content (AvgIpc) is 2.99. The summed E-state index contributed by atoms with van der Waals surface area (Å²) in [5.74, 6) is 0.640. The lowest BCUT2D eigenvalue weighted by Crippen LogP contribution is -2.41. The van der Waals surface area contributed by atoms with Crippen molar-refractivity contribution in [1.82, 2.24) is 4.90 Å². The van der Waals surface area contributed by atoms with Crippen molar-refractivity contribution in [2.75, 3.05) is 6.54 Å². The fraction of sp³-hybridized carbons (Fsp3) is 0.353. The van der Waals surface area contributed by atoms with E-state index in [2.05, 4.69) is 4.90 Å². The second-order valence-electron chi connectivity index (χ2n) is 5.74. The van der Waals surface area contributed by atoms with Gasteiger partial charge >= 0.3 is 0 Å². The first-order valence-electron chi connectivity index (χ1n) is 7.20. The Bertz CT molecular complexity index is 603. The zero-order valence-electron chi connectivity index (χ0n) is 12.0. The number of rotatable bonds is 3. The van der Waals surface area contributed by atoms with Gasteiger partial charge in [-0.25, -0.2) is 0 Å². The largest absolute Gasteiger partial charge is 0.508 e. The van der Waals surface area contributed by atoms with Crippen LogP contribution in [-0.2, 0) is 11.3 Å². The number of likely N-dealkylation sites (tertiary alicyclic amines) is 1. The van der Waals surface area contributed by atoms with E-state index in [1.54, 1.807) is 24.7 Å². The van der Waals surface area contributed by atoms with E-state index in [0.29, 0.717) is 12.2 Å². The monoisotopic (exact) mass is 285 g/mol. The second-order valence-corrected chi connectivity index (χ2v) is 5.74. The first-order chi connectivity index (χ1) is 10.1. The van der Waals surface area contributed by atoms with Crippen LogP contribution in [0.25, 0.3) is 0 Å². The van der Waals surface area contributed by atoms with Gasteiger partial charge in [-0.2, -0.15) is 0 Å². The van der Waals surface area contributed by atoms with Crippen LogP contribution in [0.5, 0.6) is 5.75 Å². The van der Waals surface area contributed by atoms with Crippen molar-refractivity contribution < 1.29 is 14.3 Å². The number of hydrogen-bond acceptors (Lipinski definition) is 4. The average molecular weight is 285 g/mol. The summed E-state index contributed by atoms with van der Waals surface area (Å²) < 4.78 is 5.17. The molecule has 0 bridgehead atoms. The van der Waals surface area contributed by atoms with Gasteiger partial charge in [0.25, 0.3) is 0 Å². The van der Waals surface area contributed by atoms with Crippen LogP contribution in [0, 0.1) is 5.92 Å². The molecule has 1 N–H and O–H groups in total. The number of aromatic hydroxyl groups is 1. The molecule has 2 aromatic rings. The molecule has 1 saturated heterocycles. The van der Waals surface area contributed by atoms with Crippen LogP contribution in [0.4, 0.5) is 0 Å². The van der Waals surface area contributed by atoms with E-state index < -0.39 is 0 Å². The van der Waals surface area contributed by atoms with E-state index in [-0.39, 0.29) is 17.7 Å². The maximum Gasteiger partial charge on any atom is 0.138 e. The van der Waals surface area contributed by atoms with E-state index in [4.69, 9.17) is 4.42 Å². The number of Topliss-reactive ketones (excluding diaryl/α,β-unsaturated/α-hetero) is 1. The molecule has 1 aliphatic heterocycles. The first-order valence-corrected chi connectivity index (χ1v) is 7.20. The quantitative estimate of drug-likeness (QED) is 0.941. The lowest BCUT2D eigenvalue weighted by Gasteiger charge is -2.37. The summed E-state index contributed by atoms with van der Waals surface area (Å²) in [5, 5.41) is 9.37. The molecule has 110 valence electrons. The Morgan fingerprint density at radius 3 is 2.71 bits per heavy atom. The van der Waals surface area contributed by atoms with Crippen LogP contribution in [0.1, 0.15) is 30.5 Å². The summed E-state index contributed by atoms with van der Waals surface area (Å²) in [4.78, 5) is 14.4. The highest BCUT2D eigenvalue weighted by atomic mass is 16.3. The van der Waals surface area contributed by atoms with Gasteiger partial charge < -0.3 is 9.52 Å². The summed E-state index contributed by atoms with van der Waals surface area (Å²) in [6.07, 6.45) is 3.90. The molecule has 3 rings (SSSR count). The standard InChI is InChI=1S/C17H19NO3/c1-12-9-18(10-13-2-4-15(19)5-3-13)16(8-17(12)20)14-6-7-21-11-14/h2-7,11-12,16,19H,8-10H2,1H3/t12-,16-/m0/s1. The van der Waals surface area contributed by atoms with Gasteiger partial charge in [0.2, 0.25) is 0 Å². The smallest absolute Gasteiger partial charge is 0.138 e. The van der Waals surface area contributed by atoms with Gasteiger partial charge in [-0.15, -0.1) is 0 Å². The van der Waals surface area contributed by atoms with Crippen molar-refractivity contribution in [3.63, 3.8) is 0 Å². The highest BCUT2D eigenvalue weighted by molar-refractivity contribution is 5.82. The minimum Gasteiger partial charge on any atom is -0.508 e. The van der Waals surface area contributed by atoms with Gasteiger partial charge in [0.1, 0.15) is 11.5 Å². The Morgan fingerprint density at radius 2 is 2.05 bits per heavy atom. The number of benzene rings is 1. The van der Waals surface area contributed by atoms with Gasteiger partial charge in [-0.3, -0.25) is 9.69 Å². The van der Waals surface area contributed by atoms with Crippen molar-refractivity contribution >= 4 is 5.78 Å². The number of carbonyl (C=O) groups is 1. The van der Waals surface area contributed by atoms with Crippen LogP contribution >= 0.6 is 0 Å². The SMILES string of the molecule is C[C@H]1CN(Cc2ccc(O)cc2)[C@H](c2ccoc2)CC1=O. The van der Waals surface area contributed by atoms with Crippen molar-refractivity contribution in [2.24, 2.45) is 5.92 Å². The normalized spacial score (nSPS) is 23.4. The third-order valence-corrected chi connectivity index (χ3v) is 4.14. The molecule has 0 radical (unpaired) electrons. The summed E-state index contributed by atoms with van der Waals surface area (Å²) in [5.41, 5.74) is 2.18. The fourth-order valence-electron chi connectivity index (χ4n) is 2.91. The Balaban J connectivity index is 1.82. The van der Waals surface area contributed by atoms with Crippen LogP contribution in [0.3, 0.4) is 0 Å². The molecule has 0 aliphatic carbocycles. The van der Waals surface area contributed by atoms with Gasteiger partial charge in [0.15, 0.2) is 0 Å². The zero-order valence-corrected chi connectivity index (χ0v) is 12.0. The number of piperidine rings is 1. The van der Waals surface area contributed by atoms with Crippen molar-refractivity contribution in [3.8, 4) is 5.75 Å². The number of nitrogens with zero attached hydrogens (tertiary/aromatic N) is 1. The minimum atomic E-state index is 0.0604. The van der Waals surface area contributed by atoms with Crippen molar-refractivity contribution in [1.29, 1.82) is 0 Å². The molecule has 1 fully saturated rings. The molecule has 0 saturated carbocycles. The van der Waals surface area contributed by atoms with Gasteiger partial charge in [-0.05, 0) is 23.8 Å². The third-order valence-electron chi connectivity index (χ3n) is 4.14. The molecule has 1 aromatic heterocycles. The zero-order chi connectivity index (χ0) is 14.8. The van der Waals surface area contributed by atoms with Crippen LogP contribution in [0.2, 0.25) is 0 Å². The maximum absolute atomic E-state index is 12.1. The topological polar surface area (TPSA) is 53.7 Å². The molecular formula is C17H19NO3. The van der Waals surface area contributed by atoms with Crippen LogP contribution in [0.15, 0.2) is 47.3 Å². The molecule has 1 aromatic carbocycles. The number of hydrogen-bond donors (Lipinski definition) is 1. The summed E-state index contributed by atoms with van der Waals surface area (Å²) >= 11 is 0. The Morgan fingerprint density at radius 1 is 1.29 bits per heavy atom. The summed E-state index contributed by atoms with van der Waals surface area (Å²) in [6.45, 7) is 3.49. The lowest BCUT2D eigenvalue weighted by molar-refractivity contribution is -0.128. The molecule has 0 unspecified atom stereocenters. The third kappa shape index (κ3) is 3.00. The maximum atomic E-state index is 12.1. The second kappa shape index (κ2) is 5.74. The summed E-state index contributed by atoms with van der Waals surface area (Å²) in [7, 11) is 0. The Hall–Kier alpha value is -2.07. The molecule has 21 heavy (non-hydrogen) atoms.